The van der Waals surface area contributed by atoms with E-state index in [1.165, 1.54) is 6.07 Å². The minimum Gasteiger partial charge on any atom is -0.465 e. The number of aromatic nitrogens is 2. The first-order valence-electron chi connectivity index (χ1n) is 11.0. The third kappa shape index (κ3) is 7.11. The molecule has 9 heteroatoms. The van der Waals surface area contributed by atoms with Gasteiger partial charge in [-0.2, -0.15) is 13.2 Å². The molecule has 1 aromatic carbocycles. The standard InChI is InChI=1S/C26H28ClF3N4O/c1-16(23(19-12-22(31)15-32-13-19)11-18-5-8-21(27)9-6-18)34-17(2)25(3,4)35-24-10-7-20(14-33-24)26(28,29)30/h5-10,12-16,23,34H,2,11,31H2,1,3-4H3. The second-order valence-corrected chi connectivity index (χ2v) is 9.33. The van der Waals surface area contributed by atoms with Gasteiger partial charge in [-0.1, -0.05) is 30.3 Å². The molecule has 3 aromatic rings. The highest BCUT2D eigenvalue weighted by molar-refractivity contribution is 6.30. The topological polar surface area (TPSA) is 73.1 Å². The van der Waals surface area contributed by atoms with Gasteiger partial charge in [0.15, 0.2) is 0 Å². The molecule has 2 heterocycles. The number of nitrogen functional groups attached to an aromatic ring is 1. The van der Waals surface area contributed by atoms with E-state index in [4.69, 9.17) is 22.1 Å². The molecule has 0 amide bonds. The summed E-state index contributed by atoms with van der Waals surface area (Å²) >= 11 is 6.04. The number of nitrogens with zero attached hydrogens (tertiary/aromatic N) is 2. The van der Waals surface area contributed by atoms with Crippen LogP contribution in [-0.2, 0) is 12.6 Å². The van der Waals surface area contributed by atoms with Crippen LogP contribution in [0.4, 0.5) is 18.9 Å². The van der Waals surface area contributed by atoms with Crippen molar-refractivity contribution in [3.05, 3.63) is 95.0 Å². The average molecular weight is 505 g/mol. The molecule has 186 valence electrons. The van der Waals surface area contributed by atoms with Gasteiger partial charge >= 0.3 is 6.18 Å². The minimum atomic E-state index is -4.46. The van der Waals surface area contributed by atoms with Crippen molar-refractivity contribution in [1.82, 2.24) is 15.3 Å². The predicted molar refractivity (Wildman–Crippen MR) is 132 cm³/mol. The van der Waals surface area contributed by atoms with Gasteiger partial charge < -0.3 is 15.8 Å². The van der Waals surface area contributed by atoms with Gasteiger partial charge in [-0.05, 0) is 62.6 Å². The van der Waals surface area contributed by atoms with E-state index in [1.807, 2.05) is 37.3 Å². The van der Waals surface area contributed by atoms with Gasteiger partial charge in [0.05, 0.1) is 11.3 Å². The normalized spacial score (nSPS) is 13.7. The highest BCUT2D eigenvalue weighted by atomic mass is 35.5. The Bertz CT molecular complexity index is 1150. The van der Waals surface area contributed by atoms with Gasteiger partial charge in [0, 0.05) is 47.3 Å². The molecule has 2 atom stereocenters. The summed E-state index contributed by atoms with van der Waals surface area (Å²) in [5, 5.41) is 4.06. The second-order valence-electron chi connectivity index (χ2n) is 8.90. The van der Waals surface area contributed by atoms with Crippen molar-refractivity contribution in [2.24, 2.45) is 0 Å². The highest BCUT2D eigenvalue weighted by Gasteiger charge is 2.32. The summed E-state index contributed by atoms with van der Waals surface area (Å²) in [6.45, 7) is 9.68. The molecule has 0 aliphatic rings. The minimum absolute atomic E-state index is 0.0241. The number of rotatable bonds is 9. The van der Waals surface area contributed by atoms with E-state index in [0.29, 0.717) is 22.8 Å². The smallest absolute Gasteiger partial charge is 0.417 e. The third-order valence-corrected chi connectivity index (χ3v) is 5.99. The van der Waals surface area contributed by atoms with Crippen molar-refractivity contribution >= 4 is 17.3 Å². The Labute approximate surface area is 208 Å². The van der Waals surface area contributed by atoms with Crippen LogP contribution in [0.2, 0.25) is 5.02 Å². The van der Waals surface area contributed by atoms with Gasteiger partial charge in [-0.25, -0.2) is 4.98 Å². The van der Waals surface area contributed by atoms with E-state index in [0.717, 1.165) is 23.4 Å². The second kappa shape index (κ2) is 10.6. The number of ether oxygens (including phenoxy) is 1. The Morgan fingerprint density at radius 1 is 1.11 bits per heavy atom. The molecule has 0 bridgehead atoms. The molecule has 0 saturated carbocycles. The van der Waals surface area contributed by atoms with Crippen LogP contribution in [0.25, 0.3) is 0 Å². The summed E-state index contributed by atoms with van der Waals surface area (Å²) in [7, 11) is 0. The van der Waals surface area contributed by atoms with Crippen molar-refractivity contribution in [2.75, 3.05) is 5.73 Å². The van der Waals surface area contributed by atoms with Crippen molar-refractivity contribution in [3.8, 4) is 5.88 Å². The molecule has 0 saturated heterocycles. The first-order chi connectivity index (χ1) is 16.3. The number of anilines is 1. The van der Waals surface area contributed by atoms with E-state index >= 15 is 0 Å². The fraction of sp³-hybridized carbons (Fsp3) is 0.308. The molecule has 0 fully saturated rings. The van der Waals surface area contributed by atoms with Crippen molar-refractivity contribution in [2.45, 2.75) is 50.9 Å². The monoisotopic (exact) mass is 504 g/mol. The van der Waals surface area contributed by atoms with Crippen molar-refractivity contribution in [1.29, 1.82) is 0 Å². The van der Waals surface area contributed by atoms with E-state index < -0.39 is 17.3 Å². The maximum Gasteiger partial charge on any atom is 0.417 e. The molecule has 0 radical (unpaired) electrons. The van der Waals surface area contributed by atoms with Gasteiger partial charge in [0.1, 0.15) is 5.60 Å². The molecule has 5 nitrogen and oxygen atoms in total. The Morgan fingerprint density at radius 3 is 2.37 bits per heavy atom. The lowest BCUT2D eigenvalue weighted by Crippen LogP contribution is -2.43. The molecule has 2 unspecified atom stereocenters. The lowest BCUT2D eigenvalue weighted by atomic mass is 9.86. The molecular weight excluding hydrogens is 477 g/mol. The van der Waals surface area contributed by atoms with Crippen LogP contribution in [0.1, 0.15) is 43.4 Å². The number of alkyl halides is 3. The number of pyridine rings is 2. The van der Waals surface area contributed by atoms with Crippen LogP contribution in [0, 0.1) is 0 Å². The Hall–Kier alpha value is -3.26. The summed E-state index contributed by atoms with van der Waals surface area (Å²) in [5.41, 5.74) is 7.34. The maximum atomic E-state index is 12.8. The van der Waals surface area contributed by atoms with Gasteiger partial charge in [-0.3, -0.25) is 4.98 Å². The van der Waals surface area contributed by atoms with Gasteiger partial charge in [0.25, 0.3) is 0 Å². The zero-order chi connectivity index (χ0) is 25.8. The maximum absolute atomic E-state index is 12.8. The molecule has 0 spiro atoms. The van der Waals surface area contributed by atoms with Crippen LogP contribution in [0.5, 0.6) is 5.88 Å². The van der Waals surface area contributed by atoms with Crippen LogP contribution in [0.3, 0.4) is 0 Å². The summed E-state index contributed by atoms with van der Waals surface area (Å²) in [4.78, 5) is 8.05. The summed E-state index contributed by atoms with van der Waals surface area (Å²) < 4.78 is 44.3. The SMILES string of the molecule is C=C(NC(C)C(Cc1ccc(Cl)cc1)c1cncc(N)c1)C(C)(C)Oc1ccc(C(F)(F)F)cn1. The van der Waals surface area contributed by atoms with Gasteiger partial charge in [0.2, 0.25) is 5.88 Å². The predicted octanol–water partition coefficient (Wildman–Crippen LogP) is 6.41. The average Bonchev–Trinajstić information content (AvgIpc) is 2.78. The Kier molecular flexibility index (Phi) is 7.95. The quantitative estimate of drug-likeness (QED) is 0.352. The van der Waals surface area contributed by atoms with Crippen LogP contribution >= 0.6 is 11.6 Å². The summed E-state index contributed by atoms with van der Waals surface area (Å²) in [5.74, 6) is 0.0419. The zero-order valence-electron chi connectivity index (χ0n) is 19.7. The first-order valence-corrected chi connectivity index (χ1v) is 11.4. The number of hydrogen-bond acceptors (Lipinski definition) is 5. The van der Waals surface area contributed by atoms with Crippen LogP contribution in [-0.4, -0.2) is 21.6 Å². The fourth-order valence-electron chi connectivity index (χ4n) is 3.62. The molecule has 0 aliphatic heterocycles. The first kappa shape index (κ1) is 26.3. The van der Waals surface area contributed by atoms with E-state index in [-0.39, 0.29) is 17.8 Å². The Morgan fingerprint density at radius 2 is 1.80 bits per heavy atom. The van der Waals surface area contributed by atoms with E-state index in [9.17, 15) is 13.2 Å². The zero-order valence-corrected chi connectivity index (χ0v) is 20.5. The summed E-state index contributed by atoms with van der Waals surface area (Å²) in [6.07, 6.45) is 0.348. The Balaban J connectivity index is 1.76. The highest BCUT2D eigenvalue weighted by Crippen LogP contribution is 2.31. The number of benzene rings is 1. The largest absolute Gasteiger partial charge is 0.465 e. The van der Waals surface area contributed by atoms with Gasteiger partial charge in [-0.15, -0.1) is 0 Å². The number of nitrogens with one attached hydrogen (secondary N) is 1. The number of halogens is 4. The lowest BCUT2D eigenvalue weighted by Gasteiger charge is -2.34. The molecular formula is C26H28ClF3N4O. The summed E-state index contributed by atoms with van der Waals surface area (Å²) in [6, 6.07) is 11.5. The van der Waals surface area contributed by atoms with Crippen molar-refractivity contribution < 1.29 is 17.9 Å². The van der Waals surface area contributed by atoms with Crippen LogP contribution < -0.4 is 15.8 Å². The molecule has 3 N–H and O–H groups in total. The van der Waals surface area contributed by atoms with Crippen LogP contribution in [0.15, 0.2) is 73.3 Å². The number of hydrogen-bond donors (Lipinski definition) is 2. The van der Waals surface area contributed by atoms with E-state index in [1.54, 1.807) is 26.2 Å². The number of nitrogens with two attached hydrogens (primary N) is 1. The molecule has 0 aliphatic carbocycles. The molecule has 2 aromatic heterocycles. The molecule has 3 rings (SSSR count). The lowest BCUT2D eigenvalue weighted by molar-refractivity contribution is -0.137. The van der Waals surface area contributed by atoms with Crippen molar-refractivity contribution in [3.63, 3.8) is 0 Å². The third-order valence-electron chi connectivity index (χ3n) is 5.73. The van der Waals surface area contributed by atoms with E-state index in [2.05, 4.69) is 21.9 Å². The fourth-order valence-corrected chi connectivity index (χ4v) is 3.74. The molecule has 35 heavy (non-hydrogen) atoms.